The SMILES string of the molecule is C=CCC12C(=O)c3ccccc3C(=O)C1(CC=C)C1C=CC2C1. The highest BCUT2D eigenvalue weighted by Crippen LogP contribution is 2.70. The number of Topliss-reactive ketones (excluding diaryl/α,β-unsaturated/α-hetero) is 2. The molecule has 2 bridgehead atoms. The molecule has 0 heterocycles. The second-order valence-corrected chi connectivity index (χ2v) is 6.97. The minimum atomic E-state index is -0.687. The monoisotopic (exact) mass is 304 g/mol. The van der Waals surface area contributed by atoms with Gasteiger partial charge in [0, 0.05) is 11.1 Å². The highest BCUT2D eigenvalue weighted by atomic mass is 16.1. The molecule has 0 spiro atoms. The predicted octanol–water partition coefficient (Wildman–Crippen LogP) is 4.40. The zero-order valence-corrected chi connectivity index (χ0v) is 13.1. The summed E-state index contributed by atoms with van der Waals surface area (Å²) in [5, 5.41) is 0. The van der Waals surface area contributed by atoms with Crippen LogP contribution in [0.3, 0.4) is 0 Å². The van der Waals surface area contributed by atoms with E-state index in [0.717, 1.165) is 6.42 Å². The Morgan fingerprint density at radius 3 is 1.74 bits per heavy atom. The van der Waals surface area contributed by atoms with Crippen molar-refractivity contribution < 1.29 is 9.59 Å². The summed E-state index contributed by atoms with van der Waals surface area (Å²) in [4.78, 5) is 27.1. The van der Waals surface area contributed by atoms with Crippen molar-refractivity contribution in [1.29, 1.82) is 0 Å². The summed E-state index contributed by atoms with van der Waals surface area (Å²) in [6.45, 7) is 7.77. The molecule has 23 heavy (non-hydrogen) atoms. The van der Waals surface area contributed by atoms with Crippen molar-refractivity contribution in [2.24, 2.45) is 22.7 Å². The van der Waals surface area contributed by atoms with E-state index in [4.69, 9.17) is 0 Å². The summed E-state index contributed by atoms with van der Waals surface area (Å²) in [7, 11) is 0. The minimum absolute atomic E-state index is 0.117. The van der Waals surface area contributed by atoms with Gasteiger partial charge >= 0.3 is 0 Å². The van der Waals surface area contributed by atoms with Gasteiger partial charge in [-0.15, -0.1) is 13.2 Å². The molecular weight excluding hydrogens is 284 g/mol. The number of hydrogen-bond donors (Lipinski definition) is 0. The van der Waals surface area contributed by atoms with Crippen molar-refractivity contribution in [2.75, 3.05) is 0 Å². The van der Waals surface area contributed by atoms with Crippen molar-refractivity contribution in [3.05, 3.63) is 72.9 Å². The molecular formula is C21H20O2. The van der Waals surface area contributed by atoms with E-state index in [-0.39, 0.29) is 23.4 Å². The highest BCUT2D eigenvalue weighted by molar-refractivity contribution is 6.20. The molecule has 0 saturated heterocycles. The van der Waals surface area contributed by atoms with E-state index in [1.54, 1.807) is 12.1 Å². The van der Waals surface area contributed by atoms with E-state index < -0.39 is 10.8 Å². The number of ketones is 2. The molecule has 2 nitrogen and oxygen atoms in total. The fraction of sp³-hybridized carbons (Fsp3) is 0.333. The van der Waals surface area contributed by atoms with Gasteiger partial charge in [0.15, 0.2) is 11.6 Å². The van der Waals surface area contributed by atoms with Crippen LogP contribution in [0, 0.1) is 22.7 Å². The van der Waals surface area contributed by atoms with Gasteiger partial charge in [-0.1, -0.05) is 48.6 Å². The number of allylic oxidation sites excluding steroid dienone is 4. The second kappa shape index (κ2) is 4.64. The summed E-state index contributed by atoms with van der Waals surface area (Å²) in [5.41, 5.74) is -0.207. The second-order valence-electron chi connectivity index (χ2n) is 6.97. The Bertz CT molecular complexity index is 709. The number of fused-ring (bicyclic) bond motifs is 6. The summed E-state index contributed by atoms with van der Waals surface area (Å²) in [6, 6.07) is 7.28. The van der Waals surface area contributed by atoms with Crippen molar-refractivity contribution in [2.45, 2.75) is 19.3 Å². The molecule has 0 amide bonds. The Kier molecular flexibility index (Phi) is 2.90. The number of carbonyl (C=O) groups is 2. The third-order valence-corrected chi connectivity index (χ3v) is 6.30. The van der Waals surface area contributed by atoms with Crippen LogP contribution in [0.2, 0.25) is 0 Å². The Morgan fingerprint density at radius 1 is 0.913 bits per heavy atom. The van der Waals surface area contributed by atoms with Crippen LogP contribution in [0.1, 0.15) is 40.0 Å². The zero-order valence-electron chi connectivity index (χ0n) is 13.1. The molecule has 4 rings (SSSR count). The smallest absolute Gasteiger partial charge is 0.171 e. The summed E-state index contributed by atoms with van der Waals surface area (Å²) < 4.78 is 0. The Hall–Kier alpha value is -2.22. The lowest BCUT2D eigenvalue weighted by atomic mass is 9.47. The zero-order chi connectivity index (χ0) is 16.2. The van der Waals surface area contributed by atoms with Gasteiger partial charge in [-0.05, 0) is 31.1 Å². The van der Waals surface area contributed by atoms with Crippen LogP contribution in [-0.2, 0) is 0 Å². The standard InChI is InChI=1S/C21H20O2/c1-3-11-20-14-9-10-15(13-14)21(20,12-4-2)19(23)17-8-6-5-7-16(17)18(20)22/h3-10,14-15H,1-2,11-13H2. The number of rotatable bonds is 4. The number of benzene rings is 1. The van der Waals surface area contributed by atoms with Crippen LogP contribution in [0.15, 0.2) is 61.7 Å². The molecule has 3 aliphatic carbocycles. The van der Waals surface area contributed by atoms with Gasteiger partial charge in [0.2, 0.25) is 0 Å². The van der Waals surface area contributed by atoms with E-state index in [1.807, 2.05) is 24.3 Å². The predicted molar refractivity (Wildman–Crippen MR) is 90.3 cm³/mol. The van der Waals surface area contributed by atoms with Crippen molar-refractivity contribution in [3.63, 3.8) is 0 Å². The first-order valence-electron chi connectivity index (χ1n) is 8.22. The quantitative estimate of drug-likeness (QED) is 0.773. The fourth-order valence-corrected chi connectivity index (χ4v) is 5.50. The van der Waals surface area contributed by atoms with E-state index in [1.165, 1.54) is 0 Å². The summed E-state index contributed by atoms with van der Waals surface area (Å²) in [6.07, 6.45) is 9.89. The van der Waals surface area contributed by atoms with E-state index >= 15 is 0 Å². The molecule has 4 atom stereocenters. The molecule has 1 saturated carbocycles. The average Bonchev–Trinajstić information content (AvgIpc) is 3.14. The lowest BCUT2D eigenvalue weighted by Crippen LogP contribution is -2.58. The molecule has 1 aromatic rings. The minimum Gasteiger partial charge on any atom is -0.293 e. The number of hydrogen-bond acceptors (Lipinski definition) is 2. The van der Waals surface area contributed by atoms with Crippen LogP contribution in [0.4, 0.5) is 0 Å². The van der Waals surface area contributed by atoms with Gasteiger partial charge in [-0.3, -0.25) is 9.59 Å². The van der Waals surface area contributed by atoms with E-state index in [0.29, 0.717) is 24.0 Å². The van der Waals surface area contributed by atoms with Gasteiger partial charge in [0.1, 0.15) is 0 Å². The van der Waals surface area contributed by atoms with E-state index in [2.05, 4.69) is 25.3 Å². The van der Waals surface area contributed by atoms with Gasteiger partial charge in [0.05, 0.1) is 10.8 Å². The molecule has 0 N–H and O–H groups in total. The van der Waals surface area contributed by atoms with Crippen LogP contribution >= 0.6 is 0 Å². The molecule has 2 heteroatoms. The van der Waals surface area contributed by atoms with Crippen molar-refractivity contribution in [3.8, 4) is 0 Å². The molecule has 0 aliphatic heterocycles. The maximum Gasteiger partial charge on any atom is 0.171 e. The first-order valence-corrected chi connectivity index (χ1v) is 8.22. The Balaban J connectivity index is 2.07. The largest absolute Gasteiger partial charge is 0.293 e. The normalized spacial score (nSPS) is 36.7. The molecule has 3 aliphatic rings. The molecule has 0 aromatic heterocycles. The van der Waals surface area contributed by atoms with Crippen LogP contribution in [0.25, 0.3) is 0 Å². The van der Waals surface area contributed by atoms with Crippen molar-refractivity contribution >= 4 is 11.6 Å². The first-order chi connectivity index (χ1) is 11.1. The maximum atomic E-state index is 13.6. The molecule has 1 aromatic carbocycles. The Labute approximate surface area is 136 Å². The molecule has 4 unspecified atom stereocenters. The summed E-state index contributed by atoms with van der Waals surface area (Å²) >= 11 is 0. The van der Waals surface area contributed by atoms with Crippen LogP contribution in [0.5, 0.6) is 0 Å². The van der Waals surface area contributed by atoms with Crippen LogP contribution < -0.4 is 0 Å². The van der Waals surface area contributed by atoms with Gasteiger partial charge in [-0.25, -0.2) is 0 Å². The molecule has 1 fully saturated rings. The van der Waals surface area contributed by atoms with Gasteiger partial charge < -0.3 is 0 Å². The topological polar surface area (TPSA) is 34.1 Å². The van der Waals surface area contributed by atoms with E-state index in [9.17, 15) is 9.59 Å². The Morgan fingerprint density at radius 2 is 1.35 bits per heavy atom. The highest BCUT2D eigenvalue weighted by Gasteiger charge is 2.72. The lowest BCUT2D eigenvalue weighted by molar-refractivity contribution is 0.0185. The maximum absolute atomic E-state index is 13.6. The number of carbonyl (C=O) groups excluding carboxylic acids is 2. The average molecular weight is 304 g/mol. The van der Waals surface area contributed by atoms with Gasteiger partial charge in [-0.2, -0.15) is 0 Å². The third-order valence-electron chi connectivity index (χ3n) is 6.30. The van der Waals surface area contributed by atoms with Crippen molar-refractivity contribution in [1.82, 2.24) is 0 Å². The van der Waals surface area contributed by atoms with Crippen LogP contribution in [-0.4, -0.2) is 11.6 Å². The van der Waals surface area contributed by atoms with Gasteiger partial charge in [0.25, 0.3) is 0 Å². The third kappa shape index (κ3) is 1.40. The lowest BCUT2D eigenvalue weighted by Gasteiger charge is -2.52. The fourth-order valence-electron chi connectivity index (χ4n) is 5.50. The molecule has 116 valence electrons. The summed E-state index contributed by atoms with van der Waals surface area (Å²) in [5.74, 6) is 0.475. The molecule has 0 radical (unpaired) electrons. The first kappa shape index (κ1) is 14.4.